The molecule has 0 atom stereocenters. The molecule has 0 spiro atoms. The van der Waals surface area contributed by atoms with Crippen LogP contribution in [0.25, 0.3) is 22.6 Å². The van der Waals surface area contributed by atoms with Gasteiger partial charge < -0.3 is 9.15 Å². The number of hydrogen-bond donors (Lipinski definition) is 0. The molecule has 27 heavy (non-hydrogen) atoms. The monoisotopic (exact) mass is 385 g/mol. The van der Waals surface area contributed by atoms with Crippen molar-refractivity contribution in [3.05, 3.63) is 75.7 Å². The van der Waals surface area contributed by atoms with Gasteiger partial charge in [0.25, 0.3) is 11.6 Å². The number of rotatable bonds is 5. The number of nitrogens with zero attached hydrogens (tertiary/aromatic N) is 3. The summed E-state index contributed by atoms with van der Waals surface area (Å²) >= 11 is 6.22. The van der Waals surface area contributed by atoms with Crippen LogP contribution in [0.5, 0.6) is 0 Å². The molecule has 0 radical (unpaired) electrons. The highest BCUT2D eigenvalue weighted by Gasteiger charge is 2.13. The Morgan fingerprint density at radius 3 is 2.41 bits per heavy atom. The van der Waals surface area contributed by atoms with Gasteiger partial charge in [0, 0.05) is 17.7 Å². The van der Waals surface area contributed by atoms with Crippen molar-refractivity contribution in [1.29, 1.82) is 0 Å². The Labute approximate surface area is 158 Å². The summed E-state index contributed by atoms with van der Waals surface area (Å²) in [4.78, 5) is 21.6. The summed E-state index contributed by atoms with van der Waals surface area (Å²) in [5, 5.41) is 18.7. The average molecular weight is 386 g/mol. The number of aromatic nitrogens is 2. The number of hydrogen-bond acceptors (Lipinski definition) is 7. The molecular weight excluding hydrogens is 374 g/mol. The van der Waals surface area contributed by atoms with Crippen LogP contribution >= 0.6 is 11.6 Å². The van der Waals surface area contributed by atoms with Crippen LogP contribution in [0.1, 0.15) is 21.8 Å². The van der Waals surface area contributed by atoms with Crippen molar-refractivity contribution < 1.29 is 18.9 Å². The fourth-order valence-electron chi connectivity index (χ4n) is 2.20. The molecule has 0 fully saturated rings. The van der Waals surface area contributed by atoms with E-state index in [1.54, 1.807) is 30.3 Å². The van der Waals surface area contributed by atoms with E-state index in [9.17, 15) is 14.9 Å². The number of esters is 1. The minimum atomic E-state index is -0.492. The topological polar surface area (TPSA) is 108 Å². The molecule has 1 heterocycles. The zero-order valence-electron chi connectivity index (χ0n) is 14.0. The normalized spacial score (nSPS) is 11.3. The molecule has 0 bridgehead atoms. The third-order valence-corrected chi connectivity index (χ3v) is 3.85. The van der Waals surface area contributed by atoms with Crippen LogP contribution in [-0.4, -0.2) is 28.2 Å². The third kappa shape index (κ3) is 4.18. The molecule has 0 N–H and O–H groups in total. The number of methoxy groups -OCH3 is 1. The first-order valence-corrected chi connectivity index (χ1v) is 8.00. The van der Waals surface area contributed by atoms with Crippen LogP contribution in [0, 0.1) is 10.1 Å². The van der Waals surface area contributed by atoms with Crippen LogP contribution in [0.3, 0.4) is 0 Å². The molecule has 136 valence electrons. The molecule has 0 aliphatic carbocycles. The van der Waals surface area contributed by atoms with Gasteiger partial charge in [-0.3, -0.25) is 10.1 Å². The smallest absolute Gasteiger partial charge is 0.337 e. The second-order valence-electron chi connectivity index (χ2n) is 5.32. The van der Waals surface area contributed by atoms with Crippen LogP contribution in [0.15, 0.2) is 52.9 Å². The number of halogens is 1. The van der Waals surface area contributed by atoms with Crippen molar-refractivity contribution in [3.63, 3.8) is 0 Å². The Kier molecular flexibility index (Phi) is 5.28. The van der Waals surface area contributed by atoms with Gasteiger partial charge in [-0.1, -0.05) is 23.7 Å². The Balaban J connectivity index is 1.79. The summed E-state index contributed by atoms with van der Waals surface area (Å²) in [6.45, 7) is 0. The fraction of sp³-hybridized carbons (Fsp3) is 0.0556. The minimum Gasteiger partial charge on any atom is -0.465 e. The summed E-state index contributed by atoms with van der Waals surface area (Å²) < 4.78 is 10.2. The lowest BCUT2D eigenvalue weighted by Crippen LogP contribution is -2.00. The van der Waals surface area contributed by atoms with Crippen molar-refractivity contribution in [3.8, 4) is 11.5 Å². The Hall–Kier alpha value is -3.52. The first kappa shape index (κ1) is 18.3. The lowest BCUT2D eigenvalue weighted by Gasteiger charge is -1.99. The van der Waals surface area contributed by atoms with Gasteiger partial charge in [0.1, 0.15) is 5.03 Å². The number of ether oxygens (including phenoxy) is 1. The summed E-state index contributed by atoms with van der Waals surface area (Å²) in [5.74, 6) is -0.143. The number of non-ortho nitro benzene ring substituents is 1. The predicted molar refractivity (Wildman–Crippen MR) is 97.9 cm³/mol. The Morgan fingerprint density at radius 1 is 1.15 bits per heavy atom. The van der Waals surface area contributed by atoms with Crippen LogP contribution in [0.4, 0.5) is 5.69 Å². The van der Waals surface area contributed by atoms with Crippen LogP contribution in [-0.2, 0) is 4.74 Å². The minimum absolute atomic E-state index is 0.0354. The van der Waals surface area contributed by atoms with E-state index in [0.717, 1.165) is 5.56 Å². The van der Waals surface area contributed by atoms with Crippen molar-refractivity contribution in [2.24, 2.45) is 0 Å². The number of carbonyl (C=O) groups is 1. The van der Waals surface area contributed by atoms with Crippen LogP contribution < -0.4 is 0 Å². The van der Waals surface area contributed by atoms with Gasteiger partial charge in [-0.15, -0.1) is 10.2 Å². The molecule has 8 nitrogen and oxygen atoms in total. The molecule has 0 aliphatic rings. The molecule has 2 aromatic carbocycles. The summed E-state index contributed by atoms with van der Waals surface area (Å²) in [7, 11) is 1.31. The van der Waals surface area contributed by atoms with E-state index >= 15 is 0 Å². The van der Waals surface area contributed by atoms with Gasteiger partial charge in [-0.25, -0.2) is 4.79 Å². The van der Waals surface area contributed by atoms with E-state index in [1.807, 2.05) is 0 Å². The highest BCUT2D eigenvalue weighted by atomic mass is 35.5. The van der Waals surface area contributed by atoms with E-state index in [0.29, 0.717) is 11.1 Å². The summed E-state index contributed by atoms with van der Waals surface area (Å²) in [5.41, 5.74) is 1.64. The molecule has 9 heteroatoms. The lowest BCUT2D eigenvalue weighted by molar-refractivity contribution is -0.384. The molecular formula is C18H12ClN3O5. The van der Waals surface area contributed by atoms with E-state index in [1.165, 1.54) is 31.4 Å². The second-order valence-corrected chi connectivity index (χ2v) is 5.73. The molecule has 3 aromatic rings. The maximum atomic E-state index is 11.4. The molecule has 0 aliphatic heterocycles. The maximum absolute atomic E-state index is 11.4. The van der Waals surface area contributed by atoms with Gasteiger partial charge >= 0.3 is 5.97 Å². The highest BCUT2D eigenvalue weighted by molar-refractivity contribution is 6.50. The SMILES string of the molecule is COC(=O)c1ccc(/C=C(\Cl)c2nnc(-c3ccc([N+](=O)[O-])cc3)o2)cc1. The predicted octanol–water partition coefficient (Wildman–Crippen LogP) is 4.17. The van der Waals surface area contributed by atoms with Gasteiger partial charge in [-0.05, 0) is 35.9 Å². The lowest BCUT2D eigenvalue weighted by atomic mass is 10.1. The van der Waals surface area contributed by atoms with Gasteiger partial charge in [0.2, 0.25) is 5.89 Å². The first-order valence-electron chi connectivity index (χ1n) is 7.62. The summed E-state index contributed by atoms with van der Waals surface area (Å²) in [6, 6.07) is 12.3. The molecule has 0 amide bonds. The molecule has 0 unspecified atom stereocenters. The number of nitro benzene ring substituents is 1. The van der Waals surface area contributed by atoms with Gasteiger partial charge in [-0.2, -0.15) is 0 Å². The van der Waals surface area contributed by atoms with Gasteiger partial charge in [0.05, 0.1) is 17.6 Å². The average Bonchev–Trinajstić information content (AvgIpc) is 3.18. The van der Waals surface area contributed by atoms with E-state index in [-0.39, 0.29) is 22.5 Å². The maximum Gasteiger partial charge on any atom is 0.337 e. The van der Waals surface area contributed by atoms with Crippen molar-refractivity contribution in [1.82, 2.24) is 10.2 Å². The molecule has 0 saturated heterocycles. The number of benzene rings is 2. The van der Waals surface area contributed by atoms with E-state index in [2.05, 4.69) is 14.9 Å². The second kappa shape index (κ2) is 7.79. The van der Waals surface area contributed by atoms with Crippen molar-refractivity contribution in [2.75, 3.05) is 7.11 Å². The third-order valence-electron chi connectivity index (χ3n) is 3.58. The van der Waals surface area contributed by atoms with E-state index in [4.69, 9.17) is 16.0 Å². The Morgan fingerprint density at radius 2 is 1.81 bits per heavy atom. The standard InChI is InChI=1S/C18H12ClN3O5/c1-26-18(23)13-4-2-11(3-5-13)10-15(19)17-21-20-16(27-17)12-6-8-14(9-7-12)22(24)25/h2-10H,1H3/b15-10-. The Bertz CT molecular complexity index is 1010. The van der Waals surface area contributed by atoms with Crippen LogP contribution in [0.2, 0.25) is 0 Å². The zero-order valence-corrected chi connectivity index (χ0v) is 14.7. The number of carbonyl (C=O) groups excluding carboxylic acids is 1. The first-order chi connectivity index (χ1) is 13.0. The molecule has 3 rings (SSSR count). The van der Waals surface area contributed by atoms with E-state index < -0.39 is 10.9 Å². The zero-order chi connectivity index (χ0) is 19.4. The number of nitro groups is 1. The quantitative estimate of drug-likeness (QED) is 0.368. The largest absolute Gasteiger partial charge is 0.465 e. The van der Waals surface area contributed by atoms with Gasteiger partial charge in [0.15, 0.2) is 0 Å². The van der Waals surface area contributed by atoms with Crippen molar-refractivity contribution in [2.45, 2.75) is 0 Å². The fourth-order valence-corrected chi connectivity index (χ4v) is 2.41. The highest BCUT2D eigenvalue weighted by Crippen LogP contribution is 2.26. The molecule has 1 aromatic heterocycles. The van der Waals surface area contributed by atoms with Crippen molar-refractivity contribution >= 4 is 34.4 Å². The molecule has 0 saturated carbocycles. The summed E-state index contributed by atoms with van der Waals surface area (Å²) in [6.07, 6.45) is 1.61.